The number of carbonyl (C=O) groups is 2. The van der Waals surface area contributed by atoms with Gasteiger partial charge in [0.15, 0.2) is 0 Å². The van der Waals surface area contributed by atoms with Gasteiger partial charge in [0.1, 0.15) is 29.6 Å². The molecule has 1 aromatic heterocycles. The predicted molar refractivity (Wildman–Crippen MR) is 149 cm³/mol. The summed E-state index contributed by atoms with van der Waals surface area (Å²) in [7, 11) is 3.19. The summed E-state index contributed by atoms with van der Waals surface area (Å²) in [5, 5.41) is 11.5. The third-order valence-electron chi connectivity index (χ3n) is 6.87. The summed E-state index contributed by atoms with van der Waals surface area (Å²) in [6.07, 6.45) is 0.728. The molecule has 1 N–H and O–H groups in total. The van der Waals surface area contributed by atoms with E-state index in [1.165, 1.54) is 0 Å². The van der Waals surface area contributed by atoms with E-state index in [2.05, 4.69) is 15.6 Å². The van der Waals surface area contributed by atoms with Gasteiger partial charge in [-0.05, 0) is 67.8 Å². The Morgan fingerprint density at radius 2 is 1.56 bits per heavy atom. The molecule has 4 rings (SSSR count). The fraction of sp³-hybridized carbons (Fsp3) is 0.333. The maximum Gasteiger partial charge on any atom is 0.247 e. The van der Waals surface area contributed by atoms with Crippen LogP contribution in [0.25, 0.3) is 11.0 Å². The lowest BCUT2D eigenvalue weighted by Gasteiger charge is -2.34. The molecule has 3 aromatic carbocycles. The van der Waals surface area contributed by atoms with E-state index in [-0.39, 0.29) is 24.9 Å². The second-order valence-corrected chi connectivity index (χ2v) is 10.0. The zero-order valence-electron chi connectivity index (χ0n) is 23.0. The van der Waals surface area contributed by atoms with Gasteiger partial charge >= 0.3 is 0 Å². The Balaban J connectivity index is 1.77. The molecule has 0 unspecified atom stereocenters. The molecular weight excluding hydrogens is 494 g/mol. The van der Waals surface area contributed by atoms with Gasteiger partial charge < -0.3 is 19.7 Å². The van der Waals surface area contributed by atoms with Crippen molar-refractivity contribution in [2.75, 3.05) is 14.2 Å². The van der Waals surface area contributed by atoms with Gasteiger partial charge in [-0.1, -0.05) is 48.5 Å². The van der Waals surface area contributed by atoms with Gasteiger partial charge in [-0.25, -0.2) is 4.68 Å². The van der Waals surface area contributed by atoms with Crippen molar-refractivity contribution >= 4 is 22.8 Å². The lowest BCUT2D eigenvalue weighted by atomic mass is 9.98. The molecule has 9 heteroatoms. The SMILES string of the molecule is CCC(C)(C)NC(=O)[C@H](c1ccc(OC)cc1)N(Cc1ccc(OC)cc1)C(=O)Cn1nnc2ccccc21. The maximum atomic E-state index is 14.1. The van der Waals surface area contributed by atoms with Crippen LogP contribution in [-0.4, -0.2) is 51.5 Å². The Labute approximate surface area is 228 Å². The number of nitrogens with one attached hydrogen (secondary N) is 1. The summed E-state index contributed by atoms with van der Waals surface area (Å²) in [6.45, 7) is 6.07. The summed E-state index contributed by atoms with van der Waals surface area (Å²) in [5.74, 6) is 0.831. The third kappa shape index (κ3) is 6.54. The first-order valence-electron chi connectivity index (χ1n) is 12.9. The zero-order valence-corrected chi connectivity index (χ0v) is 23.0. The van der Waals surface area contributed by atoms with Crippen LogP contribution in [0.4, 0.5) is 0 Å². The van der Waals surface area contributed by atoms with Gasteiger partial charge in [-0.2, -0.15) is 0 Å². The van der Waals surface area contributed by atoms with Crippen molar-refractivity contribution in [3.05, 3.63) is 83.9 Å². The Morgan fingerprint density at radius 3 is 2.18 bits per heavy atom. The van der Waals surface area contributed by atoms with Crippen molar-refractivity contribution in [1.29, 1.82) is 0 Å². The fourth-order valence-electron chi connectivity index (χ4n) is 4.25. The van der Waals surface area contributed by atoms with Gasteiger partial charge in [-0.3, -0.25) is 9.59 Å². The third-order valence-corrected chi connectivity index (χ3v) is 6.87. The van der Waals surface area contributed by atoms with Crippen molar-refractivity contribution in [2.45, 2.75) is 51.9 Å². The number of aromatic nitrogens is 3. The number of rotatable bonds is 11. The van der Waals surface area contributed by atoms with Crippen LogP contribution in [0, 0.1) is 0 Å². The number of carbonyl (C=O) groups excluding carboxylic acids is 2. The summed E-state index contributed by atoms with van der Waals surface area (Å²) < 4.78 is 12.2. The quantitative estimate of drug-likeness (QED) is 0.307. The summed E-state index contributed by atoms with van der Waals surface area (Å²) in [6, 6.07) is 21.3. The molecule has 0 spiro atoms. The van der Waals surface area contributed by atoms with Crippen molar-refractivity contribution in [3.8, 4) is 11.5 Å². The molecule has 1 atom stereocenters. The normalized spacial score (nSPS) is 12.1. The molecule has 0 aliphatic carbocycles. The van der Waals surface area contributed by atoms with Crippen LogP contribution in [0.2, 0.25) is 0 Å². The number of fused-ring (bicyclic) bond motifs is 1. The molecule has 1 heterocycles. The second-order valence-electron chi connectivity index (χ2n) is 10.0. The topological polar surface area (TPSA) is 98.6 Å². The molecule has 0 saturated carbocycles. The number of amides is 2. The first-order valence-corrected chi connectivity index (χ1v) is 12.9. The average Bonchev–Trinajstić information content (AvgIpc) is 3.35. The Morgan fingerprint density at radius 1 is 0.949 bits per heavy atom. The summed E-state index contributed by atoms with van der Waals surface area (Å²) >= 11 is 0. The van der Waals surface area contributed by atoms with Crippen LogP contribution < -0.4 is 14.8 Å². The van der Waals surface area contributed by atoms with Crippen molar-refractivity contribution in [1.82, 2.24) is 25.2 Å². The minimum Gasteiger partial charge on any atom is -0.497 e. The van der Waals surface area contributed by atoms with E-state index in [0.29, 0.717) is 22.6 Å². The number of ether oxygens (including phenoxy) is 2. The largest absolute Gasteiger partial charge is 0.497 e. The van der Waals surface area contributed by atoms with Crippen molar-refractivity contribution in [3.63, 3.8) is 0 Å². The predicted octanol–water partition coefficient (Wildman–Crippen LogP) is 4.52. The highest BCUT2D eigenvalue weighted by Gasteiger charge is 2.34. The van der Waals surface area contributed by atoms with E-state index in [0.717, 1.165) is 17.5 Å². The van der Waals surface area contributed by atoms with E-state index in [1.807, 2.05) is 81.4 Å². The number of methoxy groups -OCH3 is 2. The summed E-state index contributed by atoms with van der Waals surface area (Å²) in [5.41, 5.74) is 2.51. The lowest BCUT2D eigenvalue weighted by Crippen LogP contribution is -2.50. The molecule has 0 aliphatic rings. The zero-order chi connectivity index (χ0) is 28.0. The molecule has 0 saturated heterocycles. The van der Waals surface area contributed by atoms with Crippen LogP contribution in [0.3, 0.4) is 0 Å². The minimum atomic E-state index is -0.897. The average molecular weight is 530 g/mol. The highest BCUT2D eigenvalue weighted by molar-refractivity contribution is 5.89. The van der Waals surface area contributed by atoms with Crippen LogP contribution in [0.1, 0.15) is 44.4 Å². The van der Waals surface area contributed by atoms with Crippen LogP contribution >= 0.6 is 0 Å². The number of para-hydroxylation sites is 1. The molecule has 0 fully saturated rings. The maximum absolute atomic E-state index is 14.1. The Bertz CT molecular complexity index is 1410. The molecular formula is C30H35N5O4. The van der Waals surface area contributed by atoms with E-state index in [4.69, 9.17) is 9.47 Å². The Hall–Kier alpha value is -4.40. The van der Waals surface area contributed by atoms with E-state index in [9.17, 15) is 9.59 Å². The molecule has 4 aromatic rings. The van der Waals surface area contributed by atoms with Gasteiger partial charge in [0.25, 0.3) is 0 Å². The Kier molecular flexibility index (Phi) is 8.49. The first-order chi connectivity index (χ1) is 18.7. The van der Waals surface area contributed by atoms with Crippen LogP contribution in [-0.2, 0) is 22.7 Å². The van der Waals surface area contributed by atoms with Gasteiger partial charge in [-0.15, -0.1) is 5.10 Å². The minimum absolute atomic E-state index is 0.0756. The van der Waals surface area contributed by atoms with E-state index in [1.54, 1.807) is 35.9 Å². The molecule has 39 heavy (non-hydrogen) atoms. The van der Waals surface area contributed by atoms with Gasteiger partial charge in [0, 0.05) is 12.1 Å². The highest BCUT2D eigenvalue weighted by atomic mass is 16.5. The first kappa shape index (κ1) is 27.6. The smallest absolute Gasteiger partial charge is 0.247 e. The van der Waals surface area contributed by atoms with Crippen LogP contribution in [0.5, 0.6) is 11.5 Å². The lowest BCUT2D eigenvalue weighted by molar-refractivity contribution is -0.143. The molecule has 0 radical (unpaired) electrons. The molecule has 2 amide bonds. The number of hydrogen-bond acceptors (Lipinski definition) is 6. The van der Waals surface area contributed by atoms with Gasteiger partial charge in [0.2, 0.25) is 11.8 Å². The number of hydrogen-bond donors (Lipinski definition) is 1. The van der Waals surface area contributed by atoms with Crippen LogP contribution in [0.15, 0.2) is 72.8 Å². The van der Waals surface area contributed by atoms with E-state index >= 15 is 0 Å². The highest BCUT2D eigenvalue weighted by Crippen LogP contribution is 2.28. The molecule has 204 valence electrons. The molecule has 9 nitrogen and oxygen atoms in total. The standard InChI is InChI=1S/C30H35N5O4/c1-6-30(2,3)31-29(37)28(22-13-17-24(39-5)18-14-22)34(19-21-11-15-23(38-4)16-12-21)27(36)20-35-26-10-8-7-9-25(26)32-33-35/h7-18,28H,6,19-20H2,1-5H3,(H,31,37)/t28-/m0/s1. The second kappa shape index (κ2) is 12.0. The summed E-state index contributed by atoms with van der Waals surface area (Å²) in [4.78, 5) is 29.6. The van der Waals surface area contributed by atoms with Crippen molar-refractivity contribution < 1.29 is 19.1 Å². The molecule has 0 bridgehead atoms. The number of nitrogens with zero attached hydrogens (tertiary/aromatic N) is 4. The van der Waals surface area contributed by atoms with Crippen molar-refractivity contribution in [2.24, 2.45) is 0 Å². The molecule has 0 aliphatic heterocycles. The fourth-order valence-corrected chi connectivity index (χ4v) is 4.25. The number of benzene rings is 3. The van der Waals surface area contributed by atoms with E-state index < -0.39 is 11.6 Å². The monoisotopic (exact) mass is 529 g/mol. The van der Waals surface area contributed by atoms with Gasteiger partial charge in [0.05, 0.1) is 19.7 Å².